The fourth-order valence-corrected chi connectivity index (χ4v) is 4.88. The molecule has 1 saturated heterocycles. The van der Waals surface area contributed by atoms with E-state index in [4.69, 9.17) is 4.74 Å². The van der Waals surface area contributed by atoms with Gasteiger partial charge in [0.05, 0.1) is 24.8 Å². The second kappa shape index (κ2) is 7.64. The van der Waals surface area contributed by atoms with Gasteiger partial charge in [-0.25, -0.2) is 0 Å². The summed E-state index contributed by atoms with van der Waals surface area (Å²) in [6.07, 6.45) is 1.14. The molecule has 0 aliphatic carbocycles. The molecule has 2 aliphatic rings. The van der Waals surface area contributed by atoms with E-state index >= 15 is 0 Å². The van der Waals surface area contributed by atoms with Crippen molar-refractivity contribution in [3.8, 4) is 5.75 Å². The maximum Gasteiger partial charge on any atom is 0.227 e. The van der Waals surface area contributed by atoms with Crippen LogP contribution >= 0.6 is 11.8 Å². The highest BCUT2D eigenvalue weighted by Crippen LogP contribution is 2.37. The summed E-state index contributed by atoms with van der Waals surface area (Å²) >= 11 is 1.83. The van der Waals surface area contributed by atoms with Gasteiger partial charge in [-0.2, -0.15) is 0 Å². The summed E-state index contributed by atoms with van der Waals surface area (Å²) in [4.78, 5) is 28.3. The number of para-hydroxylation sites is 2. The minimum atomic E-state index is -0.343. The normalized spacial score (nSPS) is 21.7. The smallest absolute Gasteiger partial charge is 0.227 e. The molecule has 0 bridgehead atoms. The predicted octanol–water partition coefficient (Wildman–Crippen LogP) is 3.40. The Labute approximate surface area is 163 Å². The van der Waals surface area contributed by atoms with Gasteiger partial charge in [0.2, 0.25) is 11.8 Å². The first-order chi connectivity index (χ1) is 13.2. The molecular formula is C21H22N2O3S. The summed E-state index contributed by atoms with van der Waals surface area (Å²) in [6, 6.07) is 15.6. The van der Waals surface area contributed by atoms with Crippen molar-refractivity contribution in [2.24, 2.45) is 5.92 Å². The molecule has 27 heavy (non-hydrogen) atoms. The maximum absolute atomic E-state index is 12.9. The summed E-state index contributed by atoms with van der Waals surface area (Å²) in [6.45, 7) is 0.383. The number of hydrogen-bond acceptors (Lipinski definition) is 4. The monoisotopic (exact) mass is 382 g/mol. The number of nitrogens with one attached hydrogen (secondary N) is 1. The standard InChI is InChI=1S/C21H22N2O3S/c1-26-18-8-4-3-7-17(18)23-13-14(12-20(23)24)21(25)22-16-10-11-27-19-9-5-2-6-15(16)19/h2-9,14,16H,10-13H2,1H3,(H,22,25)/t14-,16+/m0/s1. The lowest BCUT2D eigenvalue weighted by Gasteiger charge is -2.27. The van der Waals surface area contributed by atoms with E-state index in [0.29, 0.717) is 12.3 Å². The minimum Gasteiger partial charge on any atom is -0.495 e. The zero-order valence-corrected chi connectivity index (χ0v) is 16.0. The van der Waals surface area contributed by atoms with E-state index in [9.17, 15) is 9.59 Å². The Morgan fingerprint density at radius 1 is 1.19 bits per heavy atom. The minimum absolute atomic E-state index is 0.0189. The third kappa shape index (κ3) is 3.54. The van der Waals surface area contributed by atoms with Crippen LogP contribution in [0.1, 0.15) is 24.4 Å². The largest absolute Gasteiger partial charge is 0.495 e. The molecule has 4 rings (SSSR count). The Hall–Kier alpha value is -2.47. The molecule has 0 aromatic heterocycles. The highest BCUT2D eigenvalue weighted by molar-refractivity contribution is 7.99. The van der Waals surface area contributed by atoms with Crippen molar-refractivity contribution in [2.45, 2.75) is 23.8 Å². The van der Waals surface area contributed by atoms with Crippen LogP contribution in [0.5, 0.6) is 5.75 Å². The summed E-state index contributed by atoms with van der Waals surface area (Å²) in [5.74, 6) is 1.19. The Morgan fingerprint density at radius 2 is 1.96 bits per heavy atom. The molecule has 5 nitrogen and oxygen atoms in total. The Bertz CT molecular complexity index is 870. The summed E-state index contributed by atoms with van der Waals surface area (Å²) in [5.41, 5.74) is 1.90. The molecule has 0 spiro atoms. The fraction of sp³-hybridized carbons (Fsp3) is 0.333. The molecule has 1 fully saturated rings. The molecule has 2 amide bonds. The van der Waals surface area contributed by atoms with E-state index in [0.717, 1.165) is 17.9 Å². The van der Waals surface area contributed by atoms with E-state index in [1.54, 1.807) is 12.0 Å². The number of fused-ring (bicyclic) bond motifs is 1. The summed E-state index contributed by atoms with van der Waals surface area (Å²) in [7, 11) is 1.59. The van der Waals surface area contributed by atoms with Crippen LogP contribution in [-0.2, 0) is 9.59 Å². The number of carbonyl (C=O) groups is 2. The first kappa shape index (κ1) is 17.9. The number of carbonyl (C=O) groups excluding carboxylic acids is 2. The van der Waals surface area contributed by atoms with Crippen molar-refractivity contribution in [2.75, 3.05) is 24.3 Å². The molecule has 2 aliphatic heterocycles. The van der Waals surface area contributed by atoms with Gasteiger partial charge >= 0.3 is 0 Å². The van der Waals surface area contributed by atoms with Crippen LogP contribution in [0.25, 0.3) is 0 Å². The lowest BCUT2D eigenvalue weighted by Crippen LogP contribution is -2.36. The maximum atomic E-state index is 12.9. The SMILES string of the molecule is COc1ccccc1N1C[C@@H](C(=O)N[C@@H]2CCSc3ccccc32)CC1=O. The second-order valence-electron chi connectivity index (χ2n) is 6.81. The van der Waals surface area contributed by atoms with Crippen molar-refractivity contribution in [3.05, 3.63) is 54.1 Å². The number of ether oxygens (including phenoxy) is 1. The number of thioether (sulfide) groups is 1. The molecule has 0 saturated carbocycles. The molecule has 1 N–H and O–H groups in total. The Balaban J connectivity index is 1.47. The number of nitrogens with zero attached hydrogens (tertiary/aromatic N) is 1. The van der Waals surface area contributed by atoms with E-state index < -0.39 is 0 Å². The average molecular weight is 382 g/mol. The van der Waals surface area contributed by atoms with Crippen LogP contribution in [-0.4, -0.2) is 31.2 Å². The van der Waals surface area contributed by atoms with E-state index in [1.165, 1.54) is 10.5 Å². The zero-order valence-electron chi connectivity index (χ0n) is 15.2. The highest BCUT2D eigenvalue weighted by Gasteiger charge is 2.37. The first-order valence-corrected chi connectivity index (χ1v) is 10.1. The van der Waals surface area contributed by atoms with Crippen LogP contribution in [0, 0.1) is 5.92 Å². The number of hydrogen-bond donors (Lipinski definition) is 1. The van der Waals surface area contributed by atoms with Crippen molar-refractivity contribution in [1.29, 1.82) is 0 Å². The van der Waals surface area contributed by atoms with Gasteiger partial charge in [-0.15, -0.1) is 11.8 Å². The molecule has 6 heteroatoms. The highest BCUT2D eigenvalue weighted by atomic mass is 32.2. The van der Waals surface area contributed by atoms with Crippen molar-refractivity contribution < 1.29 is 14.3 Å². The summed E-state index contributed by atoms with van der Waals surface area (Å²) in [5, 5.41) is 3.18. The molecule has 2 atom stereocenters. The van der Waals surface area contributed by atoms with E-state index in [1.807, 2.05) is 48.2 Å². The lowest BCUT2D eigenvalue weighted by atomic mass is 10.0. The molecule has 2 heterocycles. The van der Waals surface area contributed by atoms with Gasteiger partial charge in [-0.3, -0.25) is 9.59 Å². The molecular weight excluding hydrogens is 360 g/mol. The van der Waals surface area contributed by atoms with Gasteiger partial charge in [0.15, 0.2) is 0 Å². The van der Waals surface area contributed by atoms with E-state index in [2.05, 4.69) is 17.4 Å². The van der Waals surface area contributed by atoms with Crippen LogP contribution in [0.3, 0.4) is 0 Å². The zero-order chi connectivity index (χ0) is 18.8. The van der Waals surface area contributed by atoms with Gasteiger partial charge in [-0.1, -0.05) is 30.3 Å². The van der Waals surface area contributed by atoms with Crippen molar-refractivity contribution >= 4 is 29.3 Å². The molecule has 2 aromatic carbocycles. The fourth-order valence-electron chi connectivity index (χ4n) is 3.75. The molecule has 2 aromatic rings. The number of amides is 2. The molecule has 0 unspecified atom stereocenters. The Morgan fingerprint density at radius 3 is 2.81 bits per heavy atom. The third-order valence-electron chi connectivity index (χ3n) is 5.15. The van der Waals surface area contributed by atoms with Crippen LogP contribution in [0.2, 0.25) is 0 Å². The van der Waals surface area contributed by atoms with Crippen LogP contribution in [0.4, 0.5) is 5.69 Å². The van der Waals surface area contributed by atoms with Gasteiger partial charge in [0.25, 0.3) is 0 Å². The summed E-state index contributed by atoms with van der Waals surface area (Å²) < 4.78 is 5.37. The first-order valence-electron chi connectivity index (χ1n) is 9.13. The third-order valence-corrected chi connectivity index (χ3v) is 6.27. The number of anilines is 1. The van der Waals surface area contributed by atoms with Crippen molar-refractivity contribution in [1.82, 2.24) is 5.32 Å². The topological polar surface area (TPSA) is 58.6 Å². The molecule has 0 radical (unpaired) electrons. The lowest BCUT2D eigenvalue weighted by molar-refractivity contribution is -0.127. The van der Waals surface area contributed by atoms with Gasteiger partial charge in [-0.05, 0) is 30.2 Å². The second-order valence-corrected chi connectivity index (χ2v) is 7.95. The van der Waals surface area contributed by atoms with E-state index in [-0.39, 0.29) is 30.2 Å². The number of rotatable bonds is 4. The molecule has 140 valence electrons. The number of methoxy groups -OCH3 is 1. The van der Waals surface area contributed by atoms with Gasteiger partial charge in [0.1, 0.15) is 5.75 Å². The number of benzene rings is 2. The van der Waals surface area contributed by atoms with Gasteiger partial charge in [0, 0.05) is 23.6 Å². The van der Waals surface area contributed by atoms with Crippen molar-refractivity contribution in [3.63, 3.8) is 0 Å². The Kier molecular flexibility index (Phi) is 5.07. The van der Waals surface area contributed by atoms with Gasteiger partial charge < -0.3 is 15.0 Å². The quantitative estimate of drug-likeness (QED) is 0.881. The predicted molar refractivity (Wildman–Crippen MR) is 106 cm³/mol. The van der Waals surface area contributed by atoms with Crippen LogP contribution < -0.4 is 15.0 Å². The average Bonchev–Trinajstić information content (AvgIpc) is 3.10. The van der Waals surface area contributed by atoms with Crippen LogP contribution in [0.15, 0.2) is 53.4 Å².